The maximum Gasteiger partial charge on any atom is 0.348 e. The molecule has 2 N–H and O–H groups in total. The summed E-state index contributed by atoms with van der Waals surface area (Å²) in [7, 11) is 0. The number of carboxylic acid groups (broad SMARTS) is 1. The Kier molecular flexibility index (Phi) is 3.47. The second-order valence-corrected chi connectivity index (χ2v) is 6.86. The molecular weight excluding hydrogens is 338 g/mol. The van der Waals surface area contributed by atoms with Crippen LogP contribution < -0.4 is 10.2 Å². The molecule has 0 radical (unpaired) electrons. The number of nitrogens with one attached hydrogen (secondary N) is 1. The average Bonchev–Trinajstić information content (AvgIpc) is 2.97. The minimum absolute atomic E-state index is 0.115. The second kappa shape index (κ2) is 5.56. The normalized spacial score (nSPS) is 13.2. The van der Waals surface area contributed by atoms with Crippen LogP contribution in [0, 0.1) is 6.92 Å². The number of hydrogen-bond donors (Lipinski definition) is 2. The molecule has 1 aliphatic heterocycles. The Morgan fingerprint density at radius 1 is 1.36 bits per heavy atom. The molecule has 2 amide bonds. The highest BCUT2D eigenvalue weighted by Gasteiger charge is 2.34. The van der Waals surface area contributed by atoms with E-state index >= 15 is 0 Å². The highest BCUT2D eigenvalue weighted by atomic mass is 32.1. The summed E-state index contributed by atoms with van der Waals surface area (Å²) in [6.07, 6.45) is 2.46. The lowest BCUT2D eigenvalue weighted by Crippen LogP contribution is -2.34. The Morgan fingerprint density at radius 2 is 2.16 bits per heavy atom. The van der Waals surface area contributed by atoms with Crippen LogP contribution in [0.4, 0.5) is 21.9 Å². The standard InChI is InChI=1S/C18H15N3O3S/c1-3-10-4-5-12(9(2)8-10)21-14-13-11(20-18(21)24)6-7-19-16(13)25-15(14)17(22)23/h4-8H,3H2,1-2H3,(H,20,24)(H,22,23). The minimum Gasteiger partial charge on any atom is -0.477 e. The van der Waals surface area contributed by atoms with Gasteiger partial charge in [-0.2, -0.15) is 0 Å². The molecular formula is C18H15N3O3S. The number of urea groups is 1. The number of pyridine rings is 1. The van der Waals surface area contributed by atoms with Gasteiger partial charge < -0.3 is 10.4 Å². The third kappa shape index (κ3) is 2.27. The summed E-state index contributed by atoms with van der Waals surface area (Å²) in [4.78, 5) is 31.0. The third-order valence-corrected chi connectivity index (χ3v) is 5.41. The minimum atomic E-state index is -1.06. The van der Waals surface area contributed by atoms with Crippen LogP contribution in [0.1, 0.15) is 27.7 Å². The molecule has 4 rings (SSSR count). The van der Waals surface area contributed by atoms with E-state index in [0.29, 0.717) is 27.3 Å². The van der Waals surface area contributed by atoms with E-state index in [9.17, 15) is 14.7 Å². The zero-order valence-electron chi connectivity index (χ0n) is 13.7. The van der Waals surface area contributed by atoms with Crippen LogP contribution >= 0.6 is 11.3 Å². The van der Waals surface area contributed by atoms with Crippen molar-refractivity contribution in [3.63, 3.8) is 0 Å². The number of rotatable bonds is 3. The van der Waals surface area contributed by atoms with Crippen LogP contribution in [0.25, 0.3) is 10.2 Å². The molecule has 0 aliphatic carbocycles. The van der Waals surface area contributed by atoms with E-state index in [0.717, 1.165) is 28.9 Å². The molecule has 0 atom stereocenters. The van der Waals surface area contributed by atoms with Crippen molar-refractivity contribution in [1.29, 1.82) is 0 Å². The molecule has 6 nitrogen and oxygen atoms in total. The van der Waals surface area contributed by atoms with Gasteiger partial charge in [-0.15, -0.1) is 11.3 Å². The van der Waals surface area contributed by atoms with Crippen molar-refractivity contribution >= 4 is 50.6 Å². The summed E-state index contributed by atoms with van der Waals surface area (Å²) >= 11 is 1.08. The quantitative estimate of drug-likeness (QED) is 0.724. The van der Waals surface area contributed by atoms with Crippen LogP contribution in [0.2, 0.25) is 0 Å². The number of anilines is 3. The molecule has 0 spiro atoms. The Labute approximate surface area is 147 Å². The number of carbonyl (C=O) groups is 2. The molecule has 3 aromatic rings. The first-order chi connectivity index (χ1) is 12.0. The Balaban J connectivity index is 2.02. The molecule has 0 unspecified atom stereocenters. The van der Waals surface area contributed by atoms with E-state index in [2.05, 4.69) is 17.2 Å². The van der Waals surface area contributed by atoms with Crippen molar-refractivity contribution in [3.05, 3.63) is 46.5 Å². The number of thiophene rings is 1. The molecule has 126 valence electrons. The number of hydrogen-bond acceptors (Lipinski definition) is 4. The largest absolute Gasteiger partial charge is 0.477 e. The number of carbonyl (C=O) groups excluding carboxylic acids is 1. The van der Waals surface area contributed by atoms with E-state index in [1.54, 1.807) is 12.3 Å². The molecule has 0 fully saturated rings. The molecule has 7 heteroatoms. The van der Waals surface area contributed by atoms with Crippen LogP contribution in [0.5, 0.6) is 0 Å². The second-order valence-electron chi connectivity index (χ2n) is 5.86. The lowest BCUT2D eigenvalue weighted by atomic mass is 10.1. The van der Waals surface area contributed by atoms with Crippen LogP contribution in [-0.2, 0) is 6.42 Å². The van der Waals surface area contributed by atoms with Gasteiger partial charge in [0.25, 0.3) is 0 Å². The first kappa shape index (κ1) is 15.6. The van der Waals surface area contributed by atoms with Crippen molar-refractivity contribution in [2.45, 2.75) is 20.3 Å². The molecule has 2 aromatic heterocycles. The third-order valence-electron chi connectivity index (χ3n) is 4.34. The van der Waals surface area contributed by atoms with Gasteiger partial charge in [0.2, 0.25) is 0 Å². The number of nitrogens with zero attached hydrogens (tertiary/aromatic N) is 2. The molecule has 1 aromatic carbocycles. The fraction of sp³-hybridized carbons (Fsp3) is 0.167. The number of aromatic nitrogens is 1. The zero-order valence-corrected chi connectivity index (χ0v) is 14.5. The number of aromatic carboxylic acids is 1. The fourth-order valence-corrected chi connectivity index (χ4v) is 4.15. The van der Waals surface area contributed by atoms with E-state index in [1.165, 1.54) is 4.90 Å². The van der Waals surface area contributed by atoms with Gasteiger partial charge in [0.15, 0.2) is 0 Å². The van der Waals surface area contributed by atoms with Gasteiger partial charge in [0, 0.05) is 6.20 Å². The van der Waals surface area contributed by atoms with Crippen LogP contribution in [-0.4, -0.2) is 22.1 Å². The van der Waals surface area contributed by atoms with E-state index < -0.39 is 5.97 Å². The number of aryl methyl sites for hydroxylation is 2. The first-order valence-electron chi connectivity index (χ1n) is 7.86. The Hall–Kier alpha value is -2.93. The number of benzene rings is 1. The lowest BCUT2D eigenvalue weighted by Gasteiger charge is -2.29. The molecule has 3 heterocycles. The number of carboxylic acids is 1. The van der Waals surface area contributed by atoms with Gasteiger partial charge in [0.05, 0.1) is 22.4 Å². The van der Waals surface area contributed by atoms with Crippen molar-refractivity contribution in [3.8, 4) is 0 Å². The summed E-state index contributed by atoms with van der Waals surface area (Å²) in [5.74, 6) is -1.06. The maximum absolute atomic E-state index is 12.8. The molecule has 0 saturated heterocycles. The molecule has 1 aliphatic rings. The summed E-state index contributed by atoms with van der Waals surface area (Å²) in [6, 6.07) is 7.16. The van der Waals surface area contributed by atoms with Crippen molar-refractivity contribution in [2.75, 3.05) is 10.2 Å². The predicted molar refractivity (Wildman–Crippen MR) is 98.3 cm³/mol. The van der Waals surface area contributed by atoms with Gasteiger partial charge in [-0.3, -0.25) is 4.90 Å². The number of amides is 2. The molecule has 25 heavy (non-hydrogen) atoms. The van der Waals surface area contributed by atoms with Crippen molar-refractivity contribution in [1.82, 2.24) is 4.98 Å². The highest BCUT2D eigenvalue weighted by molar-refractivity contribution is 7.21. The van der Waals surface area contributed by atoms with Gasteiger partial charge in [-0.05, 0) is 36.6 Å². The van der Waals surface area contributed by atoms with Gasteiger partial charge >= 0.3 is 12.0 Å². The molecule has 0 saturated carbocycles. The van der Waals surface area contributed by atoms with E-state index in [1.807, 2.05) is 25.1 Å². The van der Waals surface area contributed by atoms with Gasteiger partial charge in [0.1, 0.15) is 9.71 Å². The van der Waals surface area contributed by atoms with E-state index in [4.69, 9.17) is 0 Å². The van der Waals surface area contributed by atoms with Crippen LogP contribution in [0.3, 0.4) is 0 Å². The Morgan fingerprint density at radius 3 is 2.84 bits per heavy atom. The predicted octanol–water partition coefficient (Wildman–Crippen LogP) is 4.55. The summed E-state index contributed by atoms with van der Waals surface area (Å²) in [5.41, 5.74) is 3.73. The summed E-state index contributed by atoms with van der Waals surface area (Å²) in [6.45, 7) is 3.99. The van der Waals surface area contributed by atoms with Gasteiger partial charge in [-0.25, -0.2) is 14.6 Å². The van der Waals surface area contributed by atoms with Crippen LogP contribution in [0.15, 0.2) is 30.5 Å². The lowest BCUT2D eigenvalue weighted by molar-refractivity contribution is 0.0703. The average molecular weight is 353 g/mol. The smallest absolute Gasteiger partial charge is 0.348 e. The van der Waals surface area contributed by atoms with Crippen molar-refractivity contribution in [2.24, 2.45) is 0 Å². The first-order valence-corrected chi connectivity index (χ1v) is 8.68. The monoisotopic (exact) mass is 353 g/mol. The van der Waals surface area contributed by atoms with Crippen molar-refractivity contribution < 1.29 is 14.7 Å². The topological polar surface area (TPSA) is 82.5 Å². The van der Waals surface area contributed by atoms with E-state index in [-0.39, 0.29) is 10.9 Å². The Bertz CT molecular complexity index is 1040. The summed E-state index contributed by atoms with van der Waals surface area (Å²) in [5, 5.41) is 13.2. The van der Waals surface area contributed by atoms with Gasteiger partial charge in [-0.1, -0.05) is 19.1 Å². The zero-order chi connectivity index (χ0) is 17.7. The maximum atomic E-state index is 12.8. The molecule has 0 bridgehead atoms. The fourth-order valence-electron chi connectivity index (χ4n) is 3.16. The highest BCUT2D eigenvalue weighted by Crippen LogP contribution is 2.47. The SMILES string of the molecule is CCc1ccc(N2C(=O)Nc3ccnc4sc(C(=O)O)c2c34)c(C)c1. The summed E-state index contributed by atoms with van der Waals surface area (Å²) < 4.78 is 0.